The number of hydrogen-bond donors (Lipinski definition) is 0. The van der Waals surface area contributed by atoms with Gasteiger partial charge in [0.25, 0.3) is 0 Å². The van der Waals surface area contributed by atoms with Crippen LogP contribution < -0.4 is 0 Å². The number of carbonyl (C=O) groups is 3. The molecule has 1 atom stereocenters. The number of unbranched alkanes of at least 4 members (excludes halogenated alkanes) is 24. The molecule has 0 bridgehead atoms. The second-order valence-corrected chi connectivity index (χ2v) is 20.9. The number of hydrogen-bond acceptors (Lipinski definition) is 6. The van der Waals surface area contributed by atoms with E-state index in [9.17, 15) is 14.4 Å². The van der Waals surface area contributed by atoms with Crippen LogP contribution in [0.4, 0.5) is 0 Å². The zero-order chi connectivity index (χ0) is 56.4. The molecule has 0 spiro atoms. The van der Waals surface area contributed by atoms with Gasteiger partial charge in [0.15, 0.2) is 6.10 Å². The minimum Gasteiger partial charge on any atom is -0.462 e. The highest BCUT2D eigenvalue weighted by molar-refractivity contribution is 5.71. The Hall–Kier alpha value is -4.45. The van der Waals surface area contributed by atoms with Crippen LogP contribution in [0, 0.1) is 0 Å². The number of ether oxygens (including phenoxy) is 3. The van der Waals surface area contributed by atoms with Crippen molar-refractivity contribution in [2.45, 2.75) is 290 Å². The van der Waals surface area contributed by atoms with Crippen LogP contribution in [0.3, 0.4) is 0 Å². The first-order valence-electron chi connectivity index (χ1n) is 32.2. The van der Waals surface area contributed by atoms with Crippen LogP contribution in [-0.4, -0.2) is 37.2 Å². The van der Waals surface area contributed by atoms with Crippen molar-refractivity contribution >= 4 is 17.9 Å². The molecule has 0 saturated carbocycles. The highest BCUT2D eigenvalue weighted by atomic mass is 16.6. The minimum atomic E-state index is -0.812. The quantitative estimate of drug-likeness (QED) is 0.0261. The van der Waals surface area contributed by atoms with Gasteiger partial charge >= 0.3 is 17.9 Å². The van der Waals surface area contributed by atoms with Gasteiger partial charge < -0.3 is 14.2 Å². The van der Waals surface area contributed by atoms with Gasteiger partial charge in [0.1, 0.15) is 13.2 Å². The van der Waals surface area contributed by atoms with E-state index >= 15 is 0 Å². The van der Waals surface area contributed by atoms with E-state index in [4.69, 9.17) is 14.2 Å². The Labute approximate surface area is 481 Å². The first-order valence-corrected chi connectivity index (χ1v) is 32.2. The molecule has 0 aliphatic heterocycles. The van der Waals surface area contributed by atoms with E-state index in [1.165, 1.54) is 122 Å². The molecule has 442 valence electrons. The molecule has 0 aromatic heterocycles. The molecule has 0 saturated heterocycles. The number of esters is 3. The van der Waals surface area contributed by atoms with Gasteiger partial charge in [-0.2, -0.15) is 0 Å². The van der Waals surface area contributed by atoms with Crippen LogP contribution in [-0.2, 0) is 28.6 Å². The summed E-state index contributed by atoms with van der Waals surface area (Å²) in [4.78, 5) is 38.3. The largest absolute Gasteiger partial charge is 0.462 e. The zero-order valence-electron chi connectivity index (χ0n) is 50.6. The number of rotatable bonds is 57. The molecule has 0 fully saturated rings. The van der Waals surface area contributed by atoms with Gasteiger partial charge in [-0.15, -0.1) is 0 Å². The van der Waals surface area contributed by atoms with E-state index in [0.29, 0.717) is 19.3 Å². The number of carbonyl (C=O) groups excluding carboxylic acids is 3. The summed E-state index contributed by atoms with van der Waals surface area (Å²) in [5, 5.41) is 0. The van der Waals surface area contributed by atoms with Crippen molar-refractivity contribution < 1.29 is 28.6 Å². The van der Waals surface area contributed by atoms with Crippen LogP contribution in [0.5, 0.6) is 0 Å². The molecule has 0 radical (unpaired) electrons. The van der Waals surface area contributed by atoms with E-state index in [1.54, 1.807) is 0 Å². The second-order valence-electron chi connectivity index (χ2n) is 20.9. The monoisotopic (exact) mass is 1080 g/mol. The Morgan fingerprint density at radius 2 is 0.513 bits per heavy atom. The molecular weight excluding hydrogens is 961 g/mol. The lowest BCUT2D eigenvalue weighted by Crippen LogP contribution is -2.30. The van der Waals surface area contributed by atoms with Gasteiger partial charge in [-0.1, -0.05) is 264 Å². The highest BCUT2D eigenvalue weighted by Gasteiger charge is 2.19. The van der Waals surface area contributed by atoms with Crippen molar-refractivity contribution in [1.29, 1.82) is 0 Å². The molecule has 78 heavy (non-hydrogen) atoms. The summed E-state index contributed by atoms with van der Waals surface area (Å²) < 4.78 is 16.9. The van der Waals surface area contributed by atoms with Gasteiger partial charge in [0, 0.05) is 19.3 Å². The SMILES string of the molecule is CC/C=C\C/C=C\C/C=C\C/C=C\C/C=C\C/C=C\C/C=C\C/C=C\C/C=C\CCCC(=O)OCC(COC(=O)CCCCCCC/C=C\CCCCCCC)OC(=O)CCCCCCCCC/C=C\CCCCCCCC. The second kappa shape index (κ2) is 65.1. The van der Waals surface area contributed by atoms with Crippen LogP contribution in [0.2, 0.25) is 0 Å². The third-order valence-electron chi connectivity index (χ3n) is 13.4. The molecule has 6 heteroatoms. The van der Waals surface area contributed by atoms with Crippen molar-refractivity contribution in [1.82, 2.24) is 0 Å². The smallest absolute Gasteiger partial charge is 0.306 e. The Morgan fingerprint density at radius 3 is 0.846 bits per heavy atom. The average Bonchev–Trinajstić information content (AvgIpc) is 3.44. The van der Waals surface area contributed by atoms with Crippen molar-refractivity contribution in [3.8, 4) is 0 Å². The zero-order valence-corrected chi connectivity index (χ0v) is 50.6. The predicted molar refractivity (Wildman–Crippen MR) is 339 cm³/mol. The van der Waals surface area contributed by atoms with E-state index in [-0.39, 0.29) is 37.5 Å². The van der Waals surface area contributed by atoms with Crippen LogP contribution >= 0.6 is 0 Å². The van der Waals surface area contributed by atoms with E-state index in [1.807, 2.05) is 0 Å². The minimum absolute atomic E-state index is 0.105. The van der Waals surface area contributed by atoms with Crippen LogP contribution in [0.25, 0.3) is 0 Å². The van der Waals surface area contributed by atoms with Gasteiger partial charge in [-0.25, -0.2) is 0 Å². The van der Waals surface area contributed by atoms with Crippen LogP contribution in [0.15, 0.2) is 134 Å². The summed E-state index contributed by atoms with van der Waals surface area (Å²) in [6.07, 6.45) is 91.7. The molecule has 0 rings (SSSR count). The Balaban J connectivity index is 4.46. The van der Waals surface area contributed by atoms with E-state index in [2.05, 4.69) is 154 Å². The normalized spacial score (nSPS) is 13.0. The molecule has 1 unspecified atom stereocenters. The third kappa shape index (κ3) is 62.4. The predicted octanol–water partition coefficient (Wildman–Crippen LogP) is 22.2. The molecule has 0 N–H and O–H groups in total. The fourth-order valence-corrected chi connectivity index (χ4v) is 8.55. The molecule has 0 amide bonds. The van der Waals surface area contributed by atoms with E-state index in [0.717, 1.165) is 116 Å². The molecular formula is C72H118O6. The molecule has 0 heterocycles. The van der Waals surface area contributed by atoms with Gasteiger partial charge in [0.2, 0.25) is 0 Å². The maximum absolute atomic E-state index is 12.9. The summed E-state index contributed by atoms with van der Waals surface area (Å²) in [6.45, 7) is 6.46. The van der Waals surface area contributed by atoms with Crippen molar-refractivity contribution in [2.24, 2.45) is 0 Å². The summed E-state index contributed by atoms with van der Waals surface area (Å²) in [5.74, 6) is -0.977. The Kier molecular flexibility index (Phi) is 61.4. The first-order chi connectivity index (χ1) is 38.5. The van der Waals surface area contributed by atoms with Gasteiger partial charge in [0.05, 0.1) is 0 Å². The Bertz CT molecular complexity index is 1670. The summed E-state index contributed by atoms with van der Waals surface area (Å²) in [7, 11) is 0. The third-order valence-corrected chi connectivity index (χ3v) is 13.4. The first kappa shape index (κ1) is 73.5. The van der Waals surface area contributed by atoms with Gasteiger partial charge in [-0.3, -0.25) is 14.4 Å². The number of allylic oxidation sites excluding steroid dienone is 22. The van der Waals surface area contributed by atoms with E-state index < -0.39 is 6.10 Å². The molecule has 6 nitrogen and oxygen atoms in total. The lowest BCUT2D eigenvalue weighted by atomic mass is 10.1. The highest BCUT2D eigenvalue weighted by Crippen LogP contribution is 2.14. The standard InChI is InChI=1S/C72H118O6/c1-4-7-10-13-16-19-22-25-28-30-31-32-33-34-35-36-37-38-39-40-41-43-44-47-50-53-56-59-62-65-71(74)77-68-69(67-76-70(73)64-61-58-55-52-49-46-27-24-21-18-15-12-9-6-3)78-72(75)66-63-60-57-54-51-48-45-42-29-26-23-20-17-14-11-8-5-2/h7,10,16,19,24-29,31-32,34-35,37-38,40-41,44,47,53,56,69H,4-6,8-9,11-15,17-18,20-23,30,33,36,39,42-43,45-46,48-52,54-55,57-68H2,1-3H3/b10-7-,19-16-,27-24-,28-25-,29-26-,32-31-,35-34-,38-37-,41-40-,47-44-,56-53-. The molecule has 0 aromatic carbocycles. The lowest BCUT2D eigenvalue weighted by Gasteiger charge is -2.18. The maximum Gasteiger partial charge on any atom is 0.306 e. The van der Waals surface area contributed by atoms with Crippen molar-refractivity contribution in [3.05, 3.63) is 134 Å². The maximum atomic E-state index is 12.9. The fourth-order valence-electron chi connectivity index (χ4n) is 8.55. The lowest BCUT2D eigenvalue weighted by molar-refractivity contribution is -0.167. The average molecular weight is 1080 g/mol. The molecule has 0 aliphatic carbocycles. The fraction of sp³-hybridized carbons (Fsp3) is 0.653. The van der Waals surface area contributed by atoms with Crippen molar-refractivity contribution in [2.75, 3.05) is 13.2 Å². The summed E-state index contributed by atoms with van der Waals surface area (Å²) in [5.41, 5.74) is 0. The molecule has 0 aromatic rings. The Morgan fingerprint density at radius 1 is 0.269 bits per heavy atom. The van der Waals surface area contributed by atoms with Gasteiger partial charge in [-0.05, 0) is 135 Å². The van der Waals surface area contributed by atoms with Crippen LogP contribution in [0.1, 0.15) is 284 Å². The topological polar surface area (TPSA) is 78.9 Å². The summed E-state index contributed by atoms with van der Waals surface area (Å²) in [6, 6.07) is 0. The summed E-state index contributed by atoms with van der Waals surface area (Å²) >= 11 is 0. The van der Waals surface area contributed by atoms with Crippen molar-refractivity contribution in [3.63, 3.8) is 0 Å². The molecule has 0 aliphatic rings.